The van der Waals surface area contributed by atoms with Crippen LogP contribution < -0.4 is 4.74 Å². The first-order chi connectivity index (χ1) is 9.65. The lowest BCUT2D eigenvalue weighted by atomic mass is 10.2. The maximum absolute atomic E-state index is 11.9. The summed E-state index contributed by atoms with van der Waals surface area (Å²) in [6.07, 6.45) is 6.81. The Labute approximate surface area is 121 Å². The molecule has 102 valence electrons. The van der Waals surface area contributed by atoms with Crippen molar-refractivity contribution in [3.63, 3.8) is 0 Å². The van der Waals surface area contributed by atoms with Crippen molar-refractivity contribution in [1.82, 2.24) is 4.90 Å². The van der Waals surface area contributed by atoms with Gasteiger partial charge in [0.1, 0.15) is 12.4 Å². The average molecular weight is 287 g/mol. The molecule has 0 atom stereocenters. The van der Waals surface area contributed by atoms with Crippen molar-refractivity contribution in [2.75, 3.05) is 13.2 Å². The minimum absolute atomic E-state index is 0.217. The van der Waals surface area contributed by atoms with Crippen molar-refractivity contribution in [3.05, 3.63) is 34.7 Å². The fourth-order valence-electron chi connectivity index (χ4n) is 1.71. The van der Waals surface area contributed by atoms with Gasteiger partial charge in [0.2, 0.25) is 0 Å². The van der Waals surface area contributed by atoms with E-state index in [9.17, 15) is 9.59 Å². The van der Waals surface area contributed by atoms with E-state index in [1.165, 1.54) is 4.90 Å². The van der Waals surface area contributed by atoms with E-state index >= 15 is 0 Å². The van der Waals surface area contributed by atoms with Gasteiger partial charge in [0, 0.05) is 6.54 Å². The molecule has 20 heavy (non-hydrogen) atoms. The quantitative estimate of drug-likeness (QED) is 0.631. The van der Waals surface area contributed by atoms with Crippen molar-refractivity contribution in [2.45, 2.75) is 6.92 Å². The molecular formula is C15H13NO3S. The zero-order valence-electron chi connectivity index (χ0n) is 11.0. The molecule has 1 saturated heterocycles. The van der Waals surface area contributed by atoms with E-state index in [2.05, 4.69) is 5.92 Å². The van der Waals surface area contributed by atoms with Gasteiger partial charge in [-0.1, -0.05) is 18.1 Å². The van der Waals surface area contributed by atoms with Gasteiger partial charge in [-0.05, 0) is 42.5 Å². The fraction of sp³-hybridized carbons (Fsp3) is 0.200. The van der Waals surface area contributed by atoms with Gasteiger partial charge in [0.25, 0.3) is 11.1 Å². The molecule has 0 unspecified atom stereocenters. The van der Waals surface area contributed by atoms with Crippen LogP contribution in [0.5, 0.6) is 5.75 Å². The lowest BCUT2D eigenvalue weighted by Gasteiger charge is -2.07. The molecule has 0 aliphatic carbocycles. The summed E-state index contributed by atoms with van der Waals surface area (Å²) in [5, 5.41) is -0.224. The van der Waals surface area contributed by atoms with E-state index < -0.39 is 0 Å². The number of hydrogen-bond acceptors (Lipinski definition) is 4. The summed E-state index contributed by atoms with van der Waals surface area (Å²) < 4.78 is 5.26. The molecule has 0 saturated carbocycles. The highest BCUT2D eigenvalue weighted by Gasteiger charge is 2.33. The molecule has 4 nitrogen and oxygen atoms in total. The first-order valence-corrected chi connectivity index (χ1v) is 6.89. The molecule has 1 aromatic carbocycles. The topological polar surface area (TPSA) is 46.6 Å². The maximum atomic E-state index is 11.9. The number of carbonyl (C=O) groups is 2. The van der Waals surface area contributed by atoms with Crippen LogP contribution in [0, 0.1) is 12.3 Å². The summed E-state index contributed by atoms with van der Waals surface area (Å²) in [5.41, 5.74) is 0.833. The Morgan fingerprint density at radius 2 is 2.05 bits per heavy atom. The summed E-state index contributed by atoms with van der Waals surface area (Å²) in [6, 6.07) is 7.16. The fourth-order valence-corrected chi connectivity index (χ4v) is 2.61. The molecule has 0 radical (unpaired) electrons. The minimum atomic E-state index is -0.241. The molecule has 2 amide bonds. The number of likely N-dealkylation sites (N-methyl/N-ethyl adjacent to an activating group) is 1. The number of carbonyl (C=O) groups excluding carboxylic acids is 2. The maximum Gasteiger partial charge on any atom is 0.293 e. The van der Waals surface area contributed by atoms with Crippen LogP contribution in [0.4, 0.5) is 4.79 Å². The summed E-state index contributed by atoms with van der Waals surface area (Å²) in [7, 11) is 0. The van der Waals surface area contributed by atoms with Gasteiger partial charge in [-0.3, -0.25) is 14.5 Å². The highest BCUT2D eigenvalue weighted by Crippen LogP contribution is 2.32. The third-order valence-corrected chi connectivity index (χ3v) is 3.60. The lowest BCUT2D eigenvalue weighted by Crippen LogP contribution is -2.27. The van der Waals surface area contributed by atoms with Crippen LogP contribution in [0.3, 0.4) is 0 Å². The second-order valence-electron chi connectivity index (χ2n) is 3.99. The van der Waals surface area contributed by atoms with Gasteiger partial charge in [-0.2, -0.15) is 0 Å². The number of rotatable bonds is 4. The second kappa shape index (κ2) is 6.31. The zero-order valence-corrected chi connectivity index (χ0v) is 11.8. The van der Waals surface area contributed by atoms with Gasteiger partial charge in [-0.15, -0.1) is 6.42 Å². The number of hydrogen-bond donors (Lipinski definition) is 0. The Morgan fingerprint density at radius 1 is 1.35 bits per heavy atom. The number of nitrogens with zero attached hydrogens (tertiary/aromatic N) is 1. The molecule has 0 N–H and O–H groups in total. The van der Waals surface area contributed by atoms with Crippen molar-refractivity contribution < 1.29 is 14.3 Å². The Balaban J connectivity index is 2.14. The molecule has 5 heteroatoms. The number of imide groups is 1. The lowest BCUT2D eigenvalue weighted by molar-refractivity contribution is -0.122. The smallest absolute Gasteiger partial charge is 0.293 e. The van der Waals surface area contributed by atoms with Crippen molar-refractivity contribution in [3.8, 4) is 18.1 Å². The molecule has 1 aliphatic rings. The first kappa shape index (κ1) is 14.2. The molecule has 1 fully saturated rings. The molecule has 0 bridgehead atoms. The van der Waals surface area contributed by atoms with E-state index in [0.29, 0.717) is 17.2 Å². The van der Waals surface area contributed by atoms with Crippen LogP contribution in [0.1, 0.15) is 12.5 Å². The number of amides is 2. The normalized spacial score (nSPS) is 16.6. The van der Waals surface area contributed by atoms with Crippen LogP contribution in [-0.2, 0) is 4.79 Å². The van der Waals surface area contributed by atoms with Crippen molar-refractivity contribution in [2.24, 2.45) is 0 Å². The Hall–Kier alpha value is -2.19. The van der Waals surface area contributed by atoms with Crippen LogP contribution >= 0.6 is 11.8 Å². The van der Waals surface area contributed by atoms with E-state index in [1.807, 2.05) is 12.1 Å². The Bertz CT molecular complexity index is 599. The highest BCUT2D eigenvalue weighted by molar-refractivity contribution is 8.18. The van der Waals surface area contributed by atoms with Gasteiger partial charge in [0.15, 0.2) is 0 Å². The molecule has 1 aromatic rings. The molecular weight excluding hydrogens is 274 g/mol. The van der Waals surface area contributed by atoms with Gasteiger partial charge in [-0.25, -0.2) is 0 Å². The number of benzene rings is 1. The zero-order chi connectivity index (χ0) is 14.5. The molecule has 0 spiro atoms. The van der Waals surface area contributed by atoms with Crippen molar-refractivity contribution >= 4 is 29.0 Å². The number of terminal acetylenes is 1. The van der Waals surface area contributed by atoms with Crippen LogP contribution in [0.15, 0.2) is 29.2 Å². The van der Waals surface area contributed by atoms with Crippen LogP contribution in [0.2, 0.25) is 0 Å². The van der Waals surface area contributed by atoms with E-state index in [-0.39, 0.29) is 17.8 Å². The predicted octanol–water partition coefficient (Wildman–Crippen LogP) is 2.75. The van der Waals surface area contributed by atoms with Gasteiger partial charge >= 0.3 is 0 Å². The average Bonchev–Trinajstić information content (AvgIpc) is 2.72. The molecule has 1 aliphatic heterocycles. The number of ether oxygens (including phenoxy) is 1. The number of thioether (sulfide) groups is 1. The molecule has 0 aromatic heterocycles. The van der Waals surface area contributed by atoms with Crippen LogP contribution in [0.25, 0.3) is 6.08 Å². The molecule has 2 rings (SSSR count). The summed E-state index contributed by atoms with van der Waals surface area (Å²) >= 11 is 0.960. The Morgan fingerprint density at radius 3 is 2.60 bits per heavy atom. The minimum Gasteiger partial charge on any atom is -0.481 e. The van der Waals surface area contributed by atoms with Crippen LogP contribution in [-0.4, -0.2) is 29.2 Å². The predicted molar refractivity (Wildman–Crippen MR) is 79.1 cm³/mol. The van der Waals surface area contributed by atoms with E-state index in [0.717, 1.165) is 17.3 Å². The third-order valence-electron chi connectivity index (χ3n) is 2.69. The third kappa shape index (κ3) is 3.03. The Kier molecular flexibility index (Phi) is 4.49. The summed E-state index contributed by atoms with van der Waals surface area (Å²) in [5.74, 6) is 2.81. The van der Waals surface area contributed by atoms with Crippen molar-refractivity contribution in [1.29, 1.82) is 0 Å². The van der Waals surface area contributed by atoms with Gasteiger partial charge < -0.3 is 4.74 Å². The largest absolute Gasteiger partial charge is 0.481 e. The van der Waals surface area contributed by atoms with E-state index in [1.54, 1.807) is 25.1 Å². The second-order valence-corrected chi connectivity index (χ2v) is 4.98. The summed E-state index contributed by atoms with van der Waals surface area (Å²) in [6.45, 7) is 2.38. The summed E-state index contributed by atoms with van der Waals surface area (Å²) in [4.78, 5) is 25.2. The SMILES string of the molecule is C#CCOc1ccc(/C=C2/SC(=O)N(CC)C2=O)cc1. The first-order valence-electron chi connectivity index (χ1n) is 6.07. The molecule has 1 heterocycles. The monoisotopic (exact) mass is 287 g/mol. The van der Waals surface area contributed by atoms with E-state index in [4.69, 9.17) is 11.2 Å². The standard InChI is InChI=1S/C15H13NO3S/c1-3-9-19-12-7-5-11(6-8-12)10-13-14(17)16(4-2)15(18)20-13/h1,5-8,10H,4,9H2,2H3/b13-10+. The van der Waals surface area contributed by atoms with Gasteiger partial charge in [0.05, 0.1) is 4.91 Å². The highest BCUT2D eigenvalue weighted by atomic mass is 32.2.